The number of likely N-dealkylation sites (N-methyl/N-ethyl adjacent to an activating group) is 1. The molecule has 0 amide bonds. The molecule has 4 heteroatoms. The molecule has 2 aliphatic rings. The highest BCUT2D eigenvalue weighted by atomic mass is 16.5. The summed E-state index contributed by atoms with van der Waals surface area (Å²) in [5.74, 6) is 0. The quantitative estimate of drug-likeness (QED) is 0.778. The van der Waals surface area contributed by atoms with Crippen molar-refractivity contribution < 1.29 is 9.84 Å². The van der Waals surface area contributed by atoms with Gasteiger partial charge in [0.15, 0.2) is 0 Å². The number of rotatable bonds is 3. The van der Waals surface area contributed by atoms with Crippen LogP contribution in [0.5, 0.6) is 0 Å². The highest BCUT2D eigenvalue weighted by Gasteiger charge is 2.34. The van der Waals surface area contributed by atoms with E-state index in [2.05, 4.69) is 16.8 Å². The molecule has 2 fully saturated rings. The summed E-state index contributed by atoms with van der Waals surface area (Å²) >= 11 is 0. The van der Waals surface area contributed by atoms with Gasteiger partial charge in [0.05, 0.1) is 13.2 Å². The normalized spacial score (nSPS) is 33.5. The van der Waals surface area contributed by atoms with E-state index in [1.165, 1.54) is 13.0 Å². The Morgan fingerprint density at radius 2 is 2.06 bits per heavy atom. The Morgan fingerprint density at radius 1 is 1.18 bits per heavy atom. The van der Waals surface area contributed by atoms with Gasteiger partial charge in [-0.2, -0.15) is 0 Å². The second-order valence-corrected chi connectivity index (χ2v) is 5.75. The number of hydrogen-bond donors (Lipinski definition) is 1. The van der Waals surface area contributed by atoms with Gasteiger partial charge in [-0.05, 0) is 39.4 Å². The zero-order valence-corrected chi connectivity index (χ0v) is 11.0. The van der Waals surface area contributed by atoms with Crippen LogP contribution in [0.25, 0.3) is 0 Å². The Morgan fingerprint density at radius 3 is 2.76 bits per heavy atom. The first-order valence-electron chi connectivity index (χ1n) is 6.84. The first-order chi connectivity index (χ1) is 8.24. The number of aliphatic hydroxyl groups is 1. The van der Waals surface area contributed by atoms with Crippen molar-refractivity contribution in [3.05, 3.63) is 0 Å². The lowest BCUT2D eigenvalue weighted by Crippen LogP contribution is -2.46. The van der Waals surface area contributed by atoms with Crippen LogP contribution in [0.3, 0.4) is 0 Å². The number of aliphatic hydroxyl groups excluding tert-OH is 1. The van der Waals surface area contributed by atoms with E-state index in [0.29, 0.717) is 0 Å². The standard InChI is InChI=1S/C13H26N2O2/c1-14-5-3-6-15(8-7-14)10-13(11-16)4-2-9-17-12-13/h16H,2-12H2,1H3. The molecule has 100 valence electrons. The minimum Gasteiger partial charge on any atom is -0.396 e. The Bertz CT molecular complexity index is 229. The fraction of sp³-hybridized carbons (Fsp3) is 1.00. The van der Waals surface area contributed by atoms with Crippen molar-refractivity contribution in [2.24, 2.45) is 5.41 Å². The Hall–Kier alpha value is -0.160. The van der Waals surface area contributed by atoms with E-state index in [1.807, 2.05) is 0 Å². The summed E-state index contributed by atoms with van der Waals surface area (Å²) in [5.41, 5.74) is 0.00115. The largest absolute Gasteiger partial charge is 0.396 e. The summed E-state index contributed by atoms with van der Waals surface area (Å²) in [4.78, 5) is 4.90. The fourth-order valence-corrected chi connectivity index (χ4v) is 2.94. The van der Waals surface area contributed by atoms with E-state index < -0.39 is 0 Å². The van der Waals surface area contributed by atoms with Gasteiger partial charge in [0, 0.05) is 31.7 Å². The van der Waals surface area contributed by atoms with Crippen LogP contribution < -0.4 is 0 Å². The average molecular weight is 242 g/mol. The summed E-state index contributed by atoms with van der Waals surface area (Å²) in [6, 6.07) is 0. The van der Waals surface area contributed by atoms with Crippen molar-refractivity contribution in [1.82, 2.24) is 9.80 Å². The monoisotopic (exact) mass is 242 g/mol. The molecule has 0 saturated carbocycles. The third kappa shape index (κ3) is 3.65. The Kier molecular flexibility index (Phi) is 4.79. The summed E-state index contributed by atoms with van der Waals surface area (Å²) in [5, 5.41) is 9.68. The molecule has 0 radical (unpaired) electrons. The van der Waals surface area contributed by atoms with Gasteiger partial charge in [-0.15, -0.1) is 0 Å². The summed E-state index contributed by atoms with van der Waals surface area (Å²) in [7, 11) is 2.19. The molecular weight excluding hydrogens is 216 g/mol. The molecule has 4 nitrogen and oxygen atoms in total. The van der Waals surface area contributed by atoms with Crippen LogP contribution in [0, 0.1) is 5.41 Å². The second kappa shape index (κ2) is 6.14. The lowest BCUT2D eigenvalue weighted by molar-refractivity contribution is -0.0547. The maximum Gasteiger partial charge on any atom is 0.0556 e. The molecule has 0 aromatic heterocycles. The maximum absolute atomic E-state index is 9.68. The Labute approximate surface area is 105 Å². The topological polar surface area (TPSA) is 35.9 Å². The van der Waals surface area contributed by atoms with Gasteiger partial charge < -0.3 is 19.6 Å². The van der Waals surface area contributed by atoms with Crippen LogP contribution in [0.1, 0.15) is 19.3 Å². The molecule has 0 aromatic carbocycles. The van der Waals surface area contributed by atoms with Crippen molar-refractivity contribution >= 4 is 0 Å². The summed E-state index contributed by atoms with van der Waals surface area (Å²) in [6.07, 6.45) is 3.43. The minimum atomic E-state index is 0.00115. The van der Waals surface area contributed by atoms with Gasteiger partial charge in [0.25, 0.3) is 0 Å². The highest BCUT2D eigenvalue weighted by Crippen LogP contribution is 2.29. The lowest BCUT2D eigenvalue weighted by Gasteiger charge is -2.39. The van der Waals surface area contributed by atoms with Crippen LogP contribution in [0.4, 0.5) is 0 Å². The zero-order chi connectivity index (χ0) is 12.1. The van der Waals surface area contributed by atoms with E-state index in [-0.39, 0.29) is 12.0 Å². The van der Waals surface area contributed by atoms with Gasteiger partial charge in [-0.25, -0.2) is 0 Å². The second-order valence-electron chi connectivity index (χ2n) is 5.75. The lowest BCUT2D eigenvalue weighted by atomic mass is 9.82. The van der Waals surface area contributed by atoms with Crippen LogP contribution in [-0.4, -0.2) is 74.5 Å². The third-order valence-electron chi connectivity index (χ3n) is 4.11. The molecule has 2 heterocycles. The molecule has 1 atom stereocenters. The van der Waals surface area contributed by atoms with Gasteiger partial charge in [0.2, 0.25) is 0 Å². The molecule has 2 rings (SSSR count). The first-order valence-corrected chi connectivity index (χ1v) is 6.84. The molecule has 0 bridgehead atoms. The molecular formula is C13H26N2O2. The molecule has 1 unspecified atom stereocenters. The minimum absolute atomic E-state index is 0.00115. The van der Waals surface area contributed by atoms with E-state index in [1.54, 1.807) is 0 Å². The van der Waals surface area contributed by atoms with Gasteiger partial charge >= 0.3 is 0 Å². The SMILES string of the molecule is CN1CCCN(CC2(CO)CCCOC2)CC1. The summed E-state index contributed by atoms with van der Waals surface area (Å²) in [6.45, 7) is 7.48. The number of nitrogens with zero attached hydrogens (tertiary/aromatic N) is 2. The van der Waals surface area contributed by atoms with Crippen molar-refractivity contribution in [3.63, 3.8) is 0 Å². The summed E-state index contributed by atoms with van der Waals surface area (Å²) < 4.78 is 5.57. The molecule has 17 heavy (non-hydrogen) atoms. The number of hydrogen-bond acceptors (Lipinski definition) is 4. The average Bonchev–Trinajstić information content (AvgIpc) is 2.56. The van der Waals surface area contributed by atoms with E-state index in [0.717, 1.165) is 52.2 Å². The molecule has 1 N–H and O–H groups in total. The van der Waals surface area contributed by atoms with Gasteiger partial charge in [-0.3, -0.25) is 0 Å². The molecule has 0 aromatic rings. The maximum atomic E-state index is 9.68. The van der Waals surface area contributed by atoms with E-state index in [9.17, 15) is 5.11 Å². The smallest absolute Gasteiger partial charge is 0.0556 e. The predicted molar refractivity (Wildman–Crippen MR) is 68.1 cm³/mol. The predicted octanol–water partition coefficient (Wildman–Crippen LogP) is 0.413. The van der Waals surface area contributed by atoms with Crippen LogP contribution >= 0.6 is 0 Å². The van der Waals surface area contributed by atoms with Crippen molar-refractivity contribution in [1.29, 1.82) is 0 Å². The van der Waals surface area contributed by atoms with Gasteiger partial charge in [-0.1, -0.05) is 0 Å². The van der Waals surface area contributed by atoms with E-state index in [4.69, 9.17) is 4.74 Å². The molecule has 2 aliphatic heterocycles. The molecule has 2 saturated heterocycles. The van der Waals surface area contributed by atoms with Crippen molar-refractivity contribution in [2.45, 2.75) is 19.3 Å². The van der Waals surface area contributed by atoms with Crippen LogP contribution in [-0.2, 0) is 4.74 Å². The van der Waals surface area contributed by atoms with E-state index >= 15 is 0 Å². The molecule has 0 spiro atoms. The fourth-order valence-electron chi connectivity index (χ4n) is 2.94. The zero-order valence-electron chi connectivity index (χ0n) is 11.0. The number of ether oxygens (including phenoxy) is 1. The van der Waals surface area contributed by atoms with Crippen LogP contribution in [0.15, 0.2) is 0 Å². The molecule has 0 aliphatic carbocycles. The highest BCUT2D eigenvalue weighted by molar-refractivity contribution is 4.85. The van der Waals surface area contributed by atoms with Gasteiger partial charge in [0.1, 0.15) is 0 Å². The first kappa shape index (κ1) is 13.3. The van der Waals surface area contributed by atoms with Crippen LogP contribution in [0.2, 0.25) is 0 Å². The van der Waals surface area contributed by atoms with Crippen molar-refractivity contribution in [2.75, 3.05) is 59.6 Å². The van der Waals surface area contributed by atoms with Crippen molar-refractivity contribution in [3.8, 4) is 0 Å². The Balaban J connectivity index is 1.88. The third-order valence-corrected chi connectivity index (χ3v) is 4.11.